The number of ether oxygens (including phenoxy) is 2. The number of morpholine rings is 1. The minimum Gasteiger partial charge on any atom is -0.457 e. The third-order valence-electron chi connectivity index (χ3n) is 5.39. The predicted molar refractivity (Wildman–Crippen MR) is 124 cm³/mol. The standard InChI is InChI=1S/C25H23FN2O5S/c1-16-27-23(24(34-16)18-7-9-19(26)10-8-18)25(31)28-11-12-32-14-20(28)13-22(30)33-15-21(29)17-5-3-2-4-6-17/h2-10,20H,11-15H2,1H3. The Morgan fingerprint density at radius 3 is 2.62 bits per heavy atom. The van der Waals surface area contributed by atoms with Crippen LogP contribution in [-0.2, 0) is 14.3 Å². The fourth-order valence-electron chi connectivity index (χ4n) is 3.70. The quantitative estimate of drug-likeness (QED) is 0.375. The Bertz CT molecular complexity index is 1180. The van der Waals surface area contributed by atoms with Gasteiger partial charge in [0.15, 0.2) is 12.4 Å². The van der Waals surface area contributed by atoms with Crippen molar-refractivity contribution in [3.05, 3.63) is 76.7 Å². The van der Waals surface area contributed by atoms with E-state index in [4.69, 9.17) is 9.47 Å². The average Bonchev–Trinajstić information content (AvgIpc) is 3.25. The number of carbonyl (C=O) groups excluding carboxylic acids is 3. The third kappa shape index (κ3) is 5.55. The SMILES string of the molecule is Cc1nc(C(=O)N2CCOCC2CC(=O)OCC(=O)c2ccccc2)c(-c2ccc(F)cc2)s1. The van der Waals surface area contributed by atoms with Crippen molar-refractivity contribution in [2.24, 2.45) is 0 Å². The fourth-order valence-corrected chi connectivity index (χ4v) is 4.62. The van der Waals surface area contributed by atoms with Crippen LogP contribution in [0.15, 0.2) is 54.6 Å². The van der Waals surface area contributed by atoms with Gasteiger partial charge >= 0.3 is 5.97 Å². The molecule has 1 aliphatic rings. The molecule has 176 valence electrons. The van der Waals surface area contributed by atoms with Crippen LogP contribution in [0.1, 0.15) is 32.3 Å². The number of hydrogen-bond acceptors (Lipinski definition) is 7. The van der Waals surface area contributed by atoms with Gasteiger partial charge in [-0.05, 0) is 24.6 Å². The molecule has 1 saturated heterocycles. The molecule has 1 amide bonds. The van der Waals surface area contributed by atoms with Crippen molar-refractivity contribution in [1.29, 1.82) is 0 Å². The highest BCUT2D eigenvalue weighted by Gasteiger charge is 2.33. The molecule has 2 aromatic carbocycles. The Morgan fingerprint density at radius 1 is 1.15 bits per heavy atom. The number of amides is 1. The lowest BCUT2D eigenvalue weighted by Crippen LogP contribution is -2.50. The summed E-state index contributed by atoms with van der Waals surface area (Å²) >= 11 is 1.35. The van der Waals surface area contributed by atoms with Crippen molar-refractivity contribution in [3.63, 3.8) is 0 Å². The van der Waals surface area contributed by atoms with Gasteiger partial charge in [0.25, 0.3) is 5.91 Å². The molecule has 4 rings (SSSR count). The van der Waals surface area contributed by atoms with Crippen LogP contribution in [0.2, 0.25) is 0 Å². The molecule has 1 aliphatic heterocycles. The van der Waals surface area contributed by atoms with Crippen molar-refractivity contribution in [3.8, 4) is 10.4 Å². The molecule has 1 atom stereocenters. The van der Waals surface area contributed by atoms with Crippen LogP contribution in [0, 0.1) is 12.7 Å². The van der Waals surface area contributed by atoms with Gasteiger partial charge in [-0.15, -0.1) is 11.3 Å². The summed E-state index contributed by atoms with van der Waals surface area (Å²) in [5, 5.41) is 0.700. The Morgan fingerprint density at radius 2 is 1.88 bits per heavy atom. The Kier molecular flexibility index (Phi) is 7.44. The van der Waals surface area contributed by atoms with E-state index in [0.29, 0.717) is 34.2 Å². The summed E-state index contributed by atoms with van der Waals surface area (Å²) in [6.07, 6.45) is -0.108. The van der Waals surface area contributed by atoms with E-state index in [1.165, 1.54) is 23.5 Å². The molecule has 1 aromatic heterocycles. The van der Waals surface area contributed by atoms with Gasteiger partial charge in [0.1, 0.15) is 11.5 Å². The molecule has 7 nitrogen and oxygen atoms in total. The molecule has 9 heteroatoms. The molecular formula is C25H23FN2O5S. The first kappa shape index (κ1) is 23.7. The van der Waals surface area contributed by atoms with Gasteiger partial charge in [-0.3, -0.25) is 14.4 Å². The largest absolute Gasteiger partial charge is 0.457 e. The first-order valence-corrected chi connectivity index (χ1v) is 11.6. The van der Waals surface area contributed by atoms with Crippen LogP contribution in [0.5, 0.6) is 0 Å². The Balaban J connectivity index is 1.45. The third-order valence-corrected chi connectivity index (χ3v) is 6.41. The minimum absolute atomic E-state index is 0.108. The highest BCUT2D eigenvalue weighted by molar-refractivity contribution is 7.15. The summed E-state index contributed by atoms with van der Waals surface area (Å²) < 4.78 is 24.0. The monoisotopic (exact) mass is 482 g/mol. The van der Waals surface area contributed by atoms with Crippen molar-refractivity contribution in [2.45, 2.75) is 19.4 Å². The molecular weight excluding hydrogens is 459 g/mol. The first-order chi connectivity index (χ1) is 16.4. The van der Waals surface area contributed by atoms with Gasteiger partial charge < -0.3 is 14.4 Å². The number of esters is 1. The summed E-state index contributed by atoms with van der Waals surface area (Å²) in [6.45, 7) is 2.22. The fraction of sp³-hybridized carbons (Fsp3) is 0.280. The van der Waals surface area contributed by atoms with Gasteiger partial charge in [0.2, 0.25) is 0 Å². The van der Waals surface area contributed by atoms with Gasteiger partial charge in [-0.1, -0.05) is 42.5 Å². The first-order valence-electron chi connectivity index (χ1n) is 10.8. The van der Waals surface area contributed by atoms with Gasteiger partial charge in [-0.25, -0.2) is 9.37 Å². The number of thiazole rings is 1. The van der Waals surface area contributed by atoms with Crippen molar-refractivity contribution >= 4 is 29.0 Å². The topological polar surface area (TPSA) is 85.8 Å². The summed E-state index contributed by atoms with van der Waals surface area (Å²) in [7, 11) is 0. The second-order valence-electron chi connectivity index (χ2n) is 7.80. The predicted octanol–water partition coefficient (Wildman–Crippen LogP) is 3.91. The maximum Gasteiger partial charge on any atom is 0.308 e. The molecule has 0 N–H and O–H groups in total. The smallest absolute Gasteiger partial charge is 0.308 e. The number of aryl methyl sites for hydroxylation is 1. The van der Waals surface area contributed by atoms with Crippen molar-refractivity contribution in [2.75, 3.05) is 26.4 Å². The van der Waals surface area contributed by atoms with E-state index in [2.05, 4.69) is 4.98 Å². The molecule has 34 heavy (non-hydrogen) atoms. The lowest BCUT2D eigenvalue weighted by Gasteiger charge is -2.34. The van der Waals surface area contributed by atoms with Crippen molar-refractivity contribution in [1.82, 2.24) is 9.88 Å². The number of benzene rings is 2. The van der Waals surface area contributed by atoms with E-state index in [1.54, 1.807) is 54.3 Å². The summed E-state index contributed by atoms with van der Waals surface area (Å²) in [6, 6.07) is 13.9. The lowest BCUT2D eigenvalue weighted by atomic mass is 10.1. The van der Waals surface area contributed by atoms with E-state index < -0.39 is 12.0 Å². The van der Waals surface area contributed by atoms with Crippen LogP contribution in [0.4, 0.5) is 4.39 Å². The molecule has 0 saturated carbocycles. The van der Waals surface area contributed by atoms with E-state index >= 15 is 0 Å². The molecule has 1 unspecified atom stereocenters. The zero-order valence-electron chi connectivity index (χ0n) is 18.5. The maximum absolute atomic E-state index is 13.5. The number of rotatable bonds is 7. The van der Waals surface area contributed by atoms with Crippen LogP contribution < -0.4 is 0 Å². The van der Waals surface area contributed by atoms with Crippen LogP contribution in [-0.4, -0.2) is 60.0 Å². The molecule has 0 aliphatic carbocycles. The second kappa shape index (κ2) is 10.7. The molecule has 0 spiro atoms. The average molecular weight is 483 g/mol. The van der Waals surface area contributed by atoms with E-state index in [0.717, 1.165) is 0 Å². The lowest BCUT2D eigenvalue weighted by molar-refractivity contribution is -0.145. The van der Waals surface area contributed by atoms with Crippen LogP contribution in [0.3, 0.4) is 0 Å². The van der Waals surface area contributed by atoms with Gasteiger partial charge in [0.05, 0.1) is 35.6 Å². The van der Waals surface area contributed by atoms with E-state index in [9.17, 15) is 18.8 Å². The zero-order valence-corrected chi connectivity index (χ0v) is 19.3. The second-order valence-corrected chi connectivity index (χ2v) is 9.00. The van der Waals surface area contributed by atoms with Crippen LogP contribution >= 0.6 is 11.3 Å². The molecule has 1 fully saturated rings. The highest BCUT2D eigenvalue weighted by atomic mass is 32.1. The zero-order chi connectivity index (χ0) is 24.1. The molecule has 2 heterocycles. The van der Waals surface area contributed by atoms with Gasteiger partial charge in [0, 0.05) is 12.1 Å². The number of hydrogen-bond donors (Lipinski definition) is 0. The highest BCUT2D eigenvalue weighted by Crippen LogP contribution is 2.32. The Labute approximate surface area is 200 Å². The summed E-state index contributed by atoms with van der Waals surface area (Å²) in [5.41, 5.74) is 1.41. The van der Waals surface area contributed by atoms with Crippen molar-refractivity contribution < 1.29 is 28.2 Å². The van der Waals surface area contributed by atoms with E-state index in [1.807, 2.05) is 0 Å². The molecule has 3 aromatic rings. The van der Waals surface area contributed by atoms with Crippen LogP contribution in [0.25, 0.3) is 10.4 Å². The number of aromatic nitrogens is 1. The Hall–Kier alpha value is -3.43. The molecule has 0 bridgehead atoms. The number of Topliss-reactive ketones (excluding diaryl/α,β-unsaturated/α-hetero) is 1. The van der Waals surface area contributed by atoms with Gasteiger partial charge in [-0.2, -0.15) is 0 Å². The minimum atomic E-state index is -0.592. The molecule has 0 radical (unpaired) electrons. The van der Waals surface area contributed by atoms with E-state index in [-0.39, 0.29) is 42.8 Å². The normalized spacial score (nSPS) is 15.7. The maximum atomic E-state index is 13.5. The number of ketones is 1. The summed E-state index contributed by atoms with van der Waals surface area (Å²) in [4.78, 5) is 44.7. The number of carbonyl (C=O) groups is 3. The number of nitrogens with zero attached hydrogens (tertiary/aromatic N) is 2. The summed E-state index contributed by atoms with van der Waals surface area (Å²) in [5.74, 6) is -1.59. The number of halogens is 1.